The highest BCUT2D eigenvalue weighted by atomic mass is 35.5. The van der Waals surface area contributed by atoms with Gasteiger partial charge in [0.05, 0.1) is 6.26 Å². The maximum Gasteiger partial charge on any atom is 0.153 e. The molecule has 5 nitrogen and oxygen atoms in total. The zero-order valence-electron chi connectivity index (χ0n) is 11.9. The van der Waals surface area contributed by atoms with E-state index in [-0.39, 0.29) is 0 Å². The Morgan fingerprint density at radius 2 is 2.18 bits per heavy atom. The fourth-order valence-corrected chi connectivity index (χ4v) is 2.54. The maximum absolute atomic E-state index is 9.95. The number of H-pyrrole nitrogens is 1. The Balaban J connectivity index is 1.57. The highest BCUT2D eigenvalue weighted by molar-refractivity contribution is 6.30. The van der Waals surface area contributed by atoms with Crippen LogP contribution in [-0.2, 0) is 12.8 Å². The van der Waals surface area contributed by atoms with E-state index in [4.69, 9.17) is 16.0 Å². The van der Waals surface area contributed by atoms with Gasteiger partial charge in [0, 0.05) is 17.9 Å². The van der Waals surface area contributed by atoms with Gasteiger partial charge in [-0.15, -0.1) is 0 Å². The number of aromatic nitrogens is 3. The number of hydrogen-bond donors (Lipinski definition) is 2. The molecule has 2 N–H and O–H groups in total. The minimum absolute atomic E-state index is 0.478. The van der Waals surface area contributed by atoms with Crippen molar-refractivity contribution in [2.75, 3.05) is 0 Å². The summed E-state index contributed by atoms with van der Waals surface area (Å²) in [4.78, 5) is 3.94. The molecule has 0 radical (unpaired) electrons. The molecule has 2 aromatic heterocycles. The van der Waals surface area contributed by atoms with E-state index < -0.39 is 6.10 Å². The Kier molecular flexibility index (Phi) is 4.56. The summed E-state index contributed by atoms with van der Waals surface area (Å²) < 4.78 is 5.54. The second-order valence-electron chi connectivity index (χ2n) is 5.15. The first-order chi connectivity index (χ1) is 10.7. The molecular formula is C16H16ClN3O2. The van der Waals surface area contributed by atoms with Gasteiger partial charge < -0.3 is 9.52 Å². The number of nitrogens with zero attached hydrogens (tertiary/aromatic N) is 2. The molecule has 0 fully saturated rings. The number of rotatable bonds is 6. The quantitative estimate of drug-likeness (QED) is 0.731. The smallest absolute Gasteiger partial charge is 0.153 e. The molecule has 22 heavy (non-hydrogen) atoms. The van der Waals surface area contributed by atoms with Crippen LogP contribution in [0, 0.1) is 0 Å². The summed E-state index contributed by atoms with van der Waals surface area (Å²) in [5, 5.41) is 17.1. The predicted molar refractivity (Wildman–Crippen MR) is 82.6 cm³/mol. The summed E-state index contributed by atoms with van der Waals surface area (Å²) in [6.45, 7) is 0. The fraction of sp³-hybridized carbons (Fsp3) is 0.250. The molecule has 1 aromatic carbocycles. The molecule has 1 unspecified atom stereocenters. The van der Waals surface area contributed by atoms with E-state index in [1.165, 1.54) is 6.33 Å². The van der Waals surface area contributed by atoms with Crippen LogP contribution in [0.5, 0.6) is 0 Å². The second-order valence-corrected chi connectivity index (χ2v) is 5.59. The Hall–Kier alpha value is -2.11. The molecule has 0 bridgehead atoms. The van der Waals surface area contributed by atoms with Gasteiger partial charge in [0.25, 0.3) is 0 Å². The number of aliphatic hydroxyl groups is 1. The van der Waals surface area contributed by atoms with E-state index in [0.29, 0.717) is 18.7 Å². The first-order valence-electron chi connectivity index (χ1n) is 7.05. The van der Waals surface area contributed by atoms with Crippen molar-refractivity contribution in [1.82, 2.24) is 15.2 Å². The summed E-state index contributed by atoms with van der Waals surface area (Å²) in [6, 6.07) is 9.78. The average molecular weight is 318 g/mol. The van der Waals surface area contributed by atoms with Crippen molar-refractivity contribution in [2.24, 2.45) is 0 Å². The lowest BCUT2D eigenvalue weighted by Gasteiger charge is -2.04. The molecule has 0 aliphatic carbocycles. The van der Waals surface area contributed by atoms with E-state index in [1.54, 1.807) is 6.26 Å². The second kappa shape index (κ2) is 6.77. The number of halogens is 1. The van der Waals surface area contributed by atoms with Crippen LogP contribution in [0.3, 0.4) is 0 Å². The number of benzene rings is 1. The monoisotopic (exact) mass is 317 g/mol. The maximum atomic E-state index is 9.95. The van der Waals surface area contributed by atoms with Gasteiger partial charge >= 0.3 is 0 Å². The topological polar surface area (TPSA) is 74.9 Å². The van der Waals surface area contributed by atoms with Crippen LogP contribution in [0.2, 0.25) is 5.02 Å². The van der Waals surface area contributed by atoms with Gasteiger partial charge in [-0.3, -0.25) is 5.10 Å². The van der Waals surface area contributed by atoms with Gasteiger partial charge in [-0.1, -0.05) is 23.7 Å². The van der Waals surface area contributed by atoms with E-state index in [2.05, 4.69) is 15.2 Å². The Morgan fingerprint density at radius 3 is 2.95 bits per heavy atom. The Labute approximate surface area is 133 Å². The molecule has 1 atom stereocenters. The van der Waals surface area contributed by atoms with E-state index in [9.17, 15) is 5.11 Å². The molecule has 0 saturated heterocycles. The van der Waals surface area contributed by atoms with Crippen LogP contribution in [0.25, 0.3) is 0 Å². The van der Waals surface area contributed by atoms with Crippen LogP contribution >= 0.6 is 11.6 Å². The molecule has 114 valence electrons. The largest absolute Gasteiger partial charge is 0.469 e. The van der Waals surface area contributed by atoms with Crippen LogP contribution in [0.4, 0.5) is 0 Å². The lowest BCUT2D eigenvalue weighted by Crippen LogP contribution is -2.01. The molecule has 0 aliphatic rings. The van der Waals surface area contributed by atoms with Crippen LogP contribution < -0.4 is 0 Å². The molecule has 2 heterocycles. The lowest BCUT2D eigenvalue weighted by molar-refractivity contribution is 0.156. The van der Waals surface area contributed by atoms with Crippen molar-refractivity contribution in [1.29, 1.82) is 0 Å². The standard InChI is InChI=1S/C16H16ClN3O2/c17-13-3-1-2-11(7-13)6-12-8-14(22-9-12)4-5-15(21)16-18-10-19-20-16/h1-3,7-10,15,21H,4-6H2,(H,18,19,20). The molecule has 0 saturated carbocycles. The number of aliphatic hydroxyl groups excluding tert-OH is 1. The first-order valence-corrected chi connectivity index (χ1v) is 7.42. The number of furan rings is 1. The van der Waals surface area contributed by atoms with Crippen molar-refractivity contribution in [3.63, 3.8) is 0 Å². The lowest BCUT2D eigenvalue weighted by atomic mass is 10.1. The minimum Gasteiger partial charge on any atom is -0.469 e. The molecule has 0 spiro atoms. The third-order valence-electron chi connectivity index (χ3n) is 3.42. The summed E-state index contributed by atoms with van der Waals surface area (Å²) in [6.07, 6.45) is 4.40. The van der Waals surface area contributed by atoms with Crippen molar-refractivity contribution >= 4 is 11.6 Å². The number of nitrogens with one attached hydrogen (secondary N) is 1. The molecule has 0 amide bonds. The zero-order chi connectivity index (χ0) is 15.4. The van der Waals surface area contributed by atoms with E-state index in [0.717, 1.165) is 28.3 Å². The van der Waals surface area contributed by atoms with Crippen molar-refractivity contribution < 1.29 is 9.52 Å². The third-order valence-corrected chi connectivity index (χ3v) is 3.65. The van der Waals surface area contributed by atoms with Crippen molar-refractivity contribution in [3.8, 4) is 0 Å². The van der Waals surface area contributed by atoms with Gasteiger partial charge in [0.2, 0.25) is 0 Å². The first kappa shape index (κ1) is 14.8. The highest BCUT2D eigenvalue weighted by Crippen LogP contribution is 2.19. The zero-order valence-corrected chi connectivity index (χ0v) is 12.6. The summed E-state index contributed by atoms with van der Waals surface area (Å²) in [7, 11) is 0. The minimum atomic E-state index is -0.663. The number of hydrogen-bond acceptors (Lipinski definition) is 4. The van der Waals surface area contributed by atoms with Crippen LogP contribution in [0.1, 0.15) is 35.2 Å². The average Bonchev–Trinajstić information content (AvgIpc) is 3.16. The Bertz CT molecular complexity index is 725. The van der Waals surface area contributed by atoms with Gasteiger partial charge in [-0.25, -0.2) is 4.98 Å². The predicted octanol–water partition coefficient (Wildman–Crippen LogP) is 3.31. The Morgan fingerprint density at radius 1 is 1.27 bits per heavy atom. The van der Waals surface area contributed by atoms with Gasteiger partial charge in [-0.2, -0.15) is 5.10 Å². The number of aromatic amines is 1. The normalized spacial score (nSPS) is 12.5. The highest BCUT2D eigenvalue weighted by Gasteiger charge is 2.12. The molecular weight excluding hydrogens is 302 g/mol. The number of aryl methyl sites for hydroxylation is 1. The van der Waals surface area contributed by atoms with Crippen LogP contribution in [-0.4, -0.2) is 20.3 Å². The van der Waals surface area contributed by atoms with Crippen LogP contribution in [0.15, 0.2) is 47.3 Å². The molecule has 0 aliphatic heterocycles. The third kappa shape index (κ3) is 3.75. The summed E-state index contributed by atoms with van der Waals surface area (Å²) in [5.41, 5.74) is 2.23. The molecule has 3 rings (SSSR count). The summed E-state index contributed by atoms with van der Waals surface area (Å²) in [5.74, 6) is 1.32. The van der Waals surface area contributed by atoms with Gasteiger partial charge in [-0.05, 0) is 35.7 Å². The van der Waals surface area contributed by atoms with E-state index >= 15 is 0 Å². The van der Waals surface area contributed by atoms with Gasteiger partial charge in [0.15, 0.2) is 5.82 Å². The molecule has 6 heteroatoms. The van der Waals surface area contributed by atoms with Gasteiger partial charge in [0.1, 0.15) is 18.2 Å². The fourth-order valence-electron chi connectivity index (χ4n) is 2.32. The SMILES string of the molecule is OC(CCc1cc(Cc2cccc(Cl)c2)co1)c1ncn[nH]1. The van der Waals surface area contributed by atoms with E-state index in [1.807, 2.05) is 30.3 Å². The van der Waals surface area contributed by atoms with Crippen molar-refractivity contribution in [2.45, 2.75) is 25.4 Å². The van der Waals surface area contributed by atoms with Crippen molar-refractivity contribution in [3.05, 3.63) is 70.7 Å². The summed E-state index contributed by atoms with van der Waals surface area (Å²) >= 11 is 5.98. The molecule has 3 aromatic rings.